The van der Waals surface area contributed by atoms with Crippen LogP contribution in [-0.4, -0.2) is 30.1 Å². The normalized spacial score (nSPS) is 18.5. The fraction of sp³-hybridized carbons (Fsp3) is 0.250. The van der Waals surface area contributed by atoms with Gasteiger partial charge in [0.15, 0.2) is 0 Å². The number of methoxy groups -OCH3 is 1. The number of esters is 1. The third kappa shape index (κ3) is 4.18. The van der Waals surface area contributed by atoms with Crippen LogP contribution >= 0.6 is 27.3 Å². The van der Waals surface area contributed by atoms with Gasteiger partial charge in [-0.15, -0.1) is 11.3 Å². The van der Waals surface area contributed by atoms with Crippen molar-refractivity contribution in [3.05, 3.63) is 51.8 Å². The summed E-state index contributed by atoms with van der Waals surface area (Å²) in [6, 6.07) is 7.43. The number of benzene rings is 1. The highest BCUT2D eigenvalue weighted by atomic mass is 79.9. The molecule has 0 saturated carbocycles. The van der Waals surface area contributed by atoms with Crippen molar-refractivity contribution in [3.8, 4) is 11.1 Å². The fourth-order valence-electron chi connectivity index (χ4n) is 3.18. The van der Waals surface area contributed by atoms with E-state index in [4.69, 9.17) is 4.74 Å². The predicted octanol–water partition coefficient (Wildman–Crippen LogP) is 4.57. The molecule has 0 spiro atoms. The largest absolute Gasteiger partial charge is 0.481 e. The maximum atomic E-state index is 12.8. The standard InChI is InChI=1S/C20H18BrNO5S/c1-27-20(26)16-15(11-6-8-12(21)9-7-11)10-28-18(16)22-17(23)13-4-2-3-5-14(13)19(24)25/h2-3,6-10,13-14H,4-5H2,1H3,(H,22,23)(H,24,25). The Morgan fingerprint density at radius 2 is 1.79 bits per heavy atom. The van der Waals surface area contributed by atoms with Crippen molar-refractivity contribution in [2.75, 3.05) is 12.4 Å². The summed E-state index contributed by atoms with van der Waals surface area (Å²) in [5, 5.41) is 14.3. The molecule has 0 fully saturated rings. The molecule has 0 radical (unpaired) electrons. The van der Waals surface area contributed by atoms with Crippen molar-refractivity contribution >= 4 is 50.1 Å². The summed E-state index contributed by atoms with van der Waals surface area (Å²) < 4.78 is 5.82. The first-order valence-corrected chi connectivity index (χ1v) is 10.2. The zero-order valence-electron chi connectivity index (χ0n) is 15.0. The molecule has 0 bridgehead atoms. The van der Waals surface area contributed by atoms with Crippen LogP contribution in [0.5, 0.6) is 0 Å². The van der Waals surface area contributed by atoms with Gasteiger partial charge in [-0.05, 0) is 30.5 Å². The van der Waals surface area contributed by atoms with E-state index in [-0.39, 0.29) is 5.56 Å². The van der Waals surface area contributed by atoms with Gasteiger partial charge in [-0.2, -0.15) is 0 Å². The molecular formula is C20H18BrNO5S. The van der Waals surface area contributed by atoms with Gasteiger partial charge in [-0.3, -0.25) is 9.59 Å². The van der Waals surface area contributed by atoms with Crippen molar-refractivity contribution in [2.45, 2.75) is 12.8 Å². The topological polar surface area (TPSA) is 92.7 Å². The Bertz CT molecular complexity index is 935. The molecule has 1 aliphatic carbocycles. The van der Waals surface area contributed by atoms with Crippen LogP contribution in [0.25, 0.3) is 11.1 Å². The smallest absolute Gasteiger partial charge is 0.341 e. The van der Waals surface area contributed by atoms with Gasteiger partial charge in [-0.1, -0.05) is 40.2 Å². The highest BCUT2D eigenvalue weighted by Crippen LogP contribution is 2.37. The van der Waals surface area contributed by atoms with Crippen molar-refractivity contribution in [1.29, 1.82) is 0 Å². The van der Waals surface area contributed by atoms with E-state index in [0.29, 0.717) is 23.4 Å². The fourth-order valence-corrected chi connectivity index (χ4v) is 4.40. The van der Waals surface area contributed by atoms with Crippen LogP contribution in [0.15, 0.2) is 46.3 Å². The minimum atomic E-state index is -1.00. The van der Waals surface area contributed by atoms with E-state index >= 15 is 0 Å². The number of thiophene rings is 1. The van der Waals surface area contributed by atoms with Gasteiger partial charge in [0.25, 0.3) is 0 Å². The molecule has 146 valence electrons. The number of halogens is 1. The van der Waals surface area contributed by atoms with Gasteiger partial charge in [0.1, 0.15) is 10.6 Å². The van der Waals surface area contributed by atoms with E-state index in [1.807, 2.05) is 30.3 Å². The number of carboxylic acid groups (broad SMARTS) is 1. The number of carboxylic acids is 1. The van der Waals surface area contributed by atoms with E-state index in [9.17, 15) is 19.5 Å². The zero-order chi connectivity index (χ0) is 20.3. The van der Waals surface area contributed by atoms with E-state index in [2.05, 4.69) is 21.2 Å². The summed E-state index contributed by atoms with van der Waals surface area (Å²) in [6.45, 7) is 0. The first kappa shape index (κ1) is 20.3. The van der Waals surface area contributed by atoms with Crippen LogP contribution in [0, 0.1) is 11.8 Å². The molecular weight excluding hydrogens is 446 g/mol. The predicted molar refractivity (Wildman–Crippen MR) is 110 cm³/mol. The number of nitrogens with one attached hydrogen (secondary N) is 1. The van der Waals surface area contributed by atoms with Gasteiger partial charge in [0, 0.05) is 15.4 Å². The highest BCUT2D eigenvalue weighted by Gasteiger charge is 2.35. The van der Waals surface area contributed by atoms with Crippen molar-refractivity contribution in [1.82, 2.24) is 0 Å². The lowest BCUT2D eigenvalue weighted by Crippen LogP contribution is -2.34. The molecule has 8 heteroatoms. The Morgan fingerprint density at radius 3 is 2.39 bits per heavy atom. The molecule has 2 unspecified atom stereocenters. The molecule has 2 atom stereocenters. The van der Waals surface area contributed by atoms with Gasteiger partial charge in [0.05, 0.1) is 18.9 Å². The maximum Gasteiger partial charge on any atom is 0.341 e. The van der Waals surface area contributed by atoms with Crippen molar-refractivity contribution in [3.63, 3.8) is 0 Å². The van der Waals surface area contributed by atoms with Gasteiger partial charge < -0.3 is 15.2 Å². The number of anilines is 1. The number of carbonyl (C=O) groups is 3. The maximum absolute atomic E-state index is 12.8. The van der Waals surface area contributed by atoms with E-state index in [1.165, 1.54) is 18.4 Å². The summed E-state index contributed by atoms with van der Waals surface area (Å²) >= 11 is 4.59. The number of carbonyl (C=O) groups excluding carboxylic acids is 2. The molecule has 0 aliphatic heterocycles. The van der Waals surface area contributed by atoms with Crippen LogP contribution in [0.2, 0.25) is 0 Å². The molecule has 1 aromatic heterocycles. The second-order valence-electron chi connectivity index (χ2n) is 6.34. The summed E-state index contributed by atoms with van der Waals surface area (Å²) in [6.07, 6.45) is 4.25. The summed E-state index contributed by atoms with van der Waals surface area (Å²) in [5.41, 5.74) is 1.73. The Balaban J connectivity index is 1.92. The molecule has 2 aromatic rings. The lowest BCUT2D eigenvalue weighted by molar-refractivity contribution is -0.146. The molecule has 1 amide bonds. The second-order valence-corrected chi connectivity index (χ2v) is 8.13. The molecule has 3 rings (SSSR count). The minimum Gasteiger partial charge on any atom is -0.481 e. The van der Waals surface area contributed by atoms with E-state index < -0.39 is 29.7 Å². The molecule has 2 N–H and O–H groups in total. The summed E-state index contributed by atoms with van der Waals surface area (Å²) in [7, 11) is 1.28. The minimum absolute atomic E-state index is 0.265. The summed E-state index contributed by atoms with van der Waals surface area (Å²) in [5.74, 6) is -3.44. The SMILES string of the molecule is COC(=O)c1c(-c2ccc(Br)cc2)csc1NC(=O)C1CC=CCC1C(=O)O. The van der Waals surface area contributed by atoms with Gasteiger partial charge >= 0.3 is 11.9 Å². The summed E-state index contributed by atoms with van der Waals surface area (Å²) in [4.78, 5) is 36.7. The van der Waals surface area contributed by atoms with E-state index in [0.717, 1.165) is 10.0 Å². The average molecular weight is 464 g/mol. The Morgan fingerprint density at radius 1 is 1.14 bits per heavy atom. The number of aliphatic carboxylic acids is 1. The number of rotatable bonds is 5. The van der Waals surface area contributed by atoms with Crippen LogP contribution in [0.1, 0.15) is 23.2 Å². The quantitative estimate of drug-likeness (QED) is 0.500. The zero-order valence-corrected chi connectivity index (χ0v) is 17.4. The Hall–Kier alpha value is -2.45. The third-order valence-electron chi connectivity index (χ3n) is 4.66. The monoisotopic (exact) mass is 463 g/mol. The molecule has 1 aliphatic rings. The molecule has 0 saturated heterocycles. The average Bonchev–Trinajstić information content (AvgIpc) is 3.11. The van der Waals surface area contributed by atoms with Crippen molar-refractivity contribution < 1.29 is 24.2 Å². The van der Waals surface area contributed by atoms with Gasteiger partial charge in [-0.25, -0.2) is 4.79 Å². The number of amides is 1. The number of hydrogen-bond donors (Lipinski definition) is 2. The molecule has 1 heterocycles. The highest BCUT2D eigenvalue weighted by molar-refractivity contribution is 9.10. The van der Waals surface area contributed by atoms with Crippen molar-refractivity contribution in [2.24, 2.45) is 11.8 Å². The van der Waals surface area contributed by atoms with E-state index in [1.54, 1.807) is 11.5 Å². The van der Waals surface area contributed by atoms with Crippen LogP contribution in [0.4, 0.5) is 5.00 Å². The molecule has 28 heavy (non-hydrogen) atoms. The van der Waals surface area contributed by atoms with Crippen LogP contribution in [0.3, 0.4) is 0 Å². The molecule has 6 nitrogen and oxygen atoms in total. The second kappa shape index (κ2) is 8.70. The van der Waals surface area contributed by atoms with Crippen LogP contribution < -0.4 is 5.32 Å². The number of allylic oxidation sites excluding steroid dienone is 2. The number of hydrogen-bond acceptors (Lipinski definition) is 5. The Kier molecular flexibility index (Phi) is 6.31. The molecule has 1 aromatic carbocycles. The lowest BCUT2D eigenvalue weighted by Gasteiger charge is -2.24. The third-order valence-corrected chi connectivity index (χ3v) is 6.08. The lowest BCUT2D eigenvalue weighted by atomic mass is 9.82. The first-order chi connectivity index (χ1) is 13.4. The Labute approximate surface area is 174 Å². The van der Waals surface area contributed by atoms with Gasteiger partial charge in [0.2, 0.25) is 5.91 Å². The van der Waals surface area contributed by atoms with Crippen LogP contribution in [-0.2, 0) is 14.3 Å². The first-order valence-electron chi connectivity index (χ1n) is 8.56. The number of ether oxygens (including phenoxy) is 1.